The number of carbonyl (C=O) groups excluding carboxylic acids is 3. The van der Waals surface area contributed by atoms with Crippen LogP contribution >= 0.6 is 0 Å². The Morgan fingerprint density at radius 3 is 1.69 bits per heavy atom. The minimum atomic E-state index is -1.18. The van der Waals surface area contributed by atoms with Gasteiger partial charge in [-0.1, -0.05) is 48.5 Å². The number of ketones is 2. The van der Waals surface area contributed by atoms with E-state index in [1.807, 2.05) is 0 Å². The maximum absolute atomic E-state index is 13.0. The second kappa shape index (κ2) is 13.2. The summed E-state index contributed by atoms with van der Waals surface area (Å²) in [6.07, 6.45) is -0.266. The average Bonchev–Trinajstić information content (AvgIpc) is 2.92. The Hall–Kier alpha value is -4.74. The van der Waals surface area contributed by atoms with Crippen LogP contribution in [0.4, 0.5) is 5.69 Å². The number of carbonyl (C=O) groups is 4. The molecule has 3 rings (SSSR count). The fourth-order valence-electron chi connectivity index (χ4n) is 3.91. The molecule has 0 saturated carbocycles. The standard InChI is InChI=1S/C28H27N3O8/c29-23(27(34)35)15-17-5-1-3-7-21(17)25(32)13-14-26(33)22-8-4-2-6-18(22)16-24(30)28(36)39-20-11-9-19(10-12-20)31(37)38/h1-12,23-24H,13-16,29-30H2,(H,34,35). The number of nitrogens with two attached hydrogens (primary N) is 2. The quantitative estimate of drug-likeness (QED) is 0.0967. The number of rotatable bonds is 13. The lowest BCUT2D eigenvalue weighted by Gasteiger charge is -2.14. The molecule has 0 spiro atoms. The molecule has 2 unspecified atom stereocenters. The van der Waals surface area contributed by atoms with E-state index in [1.54, 1.807) is 48.5 Å². The fourth-order valence-corrected chi connectivity index (χ4v) is 3.91. The van der Waals surface area contributed by atoms with Gasteiger partial charge < -0.3 is 21.3 Å². The van der Waals surface area contributed by atoms with Crippen molar-refractivity contribution in [1.82, 2.24) is 0 Å². The summed E-state index contributed by atoms with van der Waals surface area (Å²) < 4.78 is 5.20. The number of esters is 1. The number of aliphatic carboxylic acids is 1. The number of Topliss-reactive ketones (excluding diaryl/α,β-unsaturated/α-hetero) is 2. The molecule has 11 heteroatoms. The molecule has 11 nitrogen and oxygen atoms in total. The highest BCUT2D eigenvalue weighted by Crippen LogP contribution is 2.20. The van der Waals surface area contributed by atoms with E-state index < -0.39 is 28.9 Å². The molecular weight excluding hydrogens is 506 g/mol. The van der Waals surface area contributed by atoms with E-state index >= 15 is 0 Å². The van der Waals surface area contributed by atoms with Crippen molar-refractivity contribution in [1.29, 1.82) is 0 Å². The predicted molar refractivity (Wildman–Crippen MR) is 141 cm³/mol. The Bertz CT molecular complexity index is 1390. The van der Waals surface area contributed by atoms with E-state index in [0.29, 0.717) is 22.3 Å². The average molecular weight is 534 g/mol. The molecule has 202 valence electrons. The zero-order valence-electron chi connectivity index (χ0n) is 20.8. The summed E-state index contributed by atoms with van der Waals surface area (Å²) in [6.45, 7) is 0. The van der Waals surface area contributed by atoms with Crippen molar-refractivity contribution < 1.29 is 33.9 Å². The van der Waals surface area contributed by atoms with Crippen LogP contribution in [-0.2, 0) is 22.4 Å². The number of hydrogen-bond acceptors (Lipinski definition) is 9. The Morgan fingerprint density at radius 1 is 0.769 bits per heavy atom. The Kier molecular flexibility index (Phi) is 9.74. The molecule has 0 saturated heterocycles. The van der Waals surface area contributed by atoms with Crippen LogP contribution in [0.5, 0.6) is 5.75 Å². The van der Waals surface area contributed by atoms with Gasteiger partial charge in [0.15, 0.2) is 11.6 Å². The molecule has 3 aromatic rings. The van der Waals surface area contributed by atoms with Crippen LogP contribution in [0.2, 0.25) is 0 Å². The number of nitro benzene ring substituents is 1. The normalized spacial score (nSPS) is 12.3. The van der Waals surface area contributed by atoms with Gasteiger partial charge in [0, 0.05) is 36.1 Å². The van der Waals surface area contributed by atoms with E-state index in [4.69, 9.17) is 21.3 Å². The molecule has 0 fully saturated rings. The third-order valence-electron chi connectivity index (χ3n) is 5.98. The zero-order valence-corrected chi connectivity index (χ0v) is 20.8. The Balaban J connectivity index is 1.64. The summed E-state index contributed by atoms with van der Waals surface area (Å²) in [5.41, 5.74) is 13.1. The summed E-state index contributed by atoms with van der Waals surface area (Å²) >= 11 is 0. The largest absolute Gasteiger partial charge is 0.480 e. The molecular formula is C28H27N3O8. The molecule has 0 aliphatic heterocycles. The molecule has 0 heterocycles. The summed E-state index contributed by atoms with van der Waals surface area (Å²) in [5.74, 6) is -2.52. The van der Waals surface area contributed by atoms with Crippen LogP contribution in [-0.4, -0.2) is 45.6 Å². The summed E-state index contributed by atoms with van der Waals surface area (Å²) in [5, 5.41) is 19.9. The first-order valence-corrected chi connectivity index (χ1v) is 12.0. The molecule has 0 aromatic heterocycles. The molecule has 0 aliphatic rings. The van der Waals surface area contributed by atoms with E-state index in [1.165, 1.54) is 24.3 Å². The lowest BCUT2D eigenvalue weighted by molar-refractivity contribution is -0.384. The smallest absolute Gasteiger partial charge is 0.328 e. The third-order valence-corrected chi connectivity index (χ3v) is 5.98. The third kappa shape index (κ3) is 7.87. The first-order valence-electron chi connectivity index (χ1n) is 12.0. The molecule has 0 amide bonds. The minimum absolute atomic E-state index is 0.0163. The van der Waals surface area contributed by atoms with Crippen molar-refractivity contribution in [2.75, 3.05) is 0 Å². The summed E-state index contributed by atoms with van der Waals surface area (Å²) in [4.78, 5) is 59.7. The summed E-state index contributed by atoms with van der Waals surface area (Å²) in [6, 6.07) is 15.8. The number of non-ortho nitro benzene ring substituents is 1. The Morgan fingerprint density at radius 2 is 1.23 bits per heavy atom. The van der Waals surface area contributed by atoms with Gasteiger partial charge in [-0.25, -0.2) is 4.79 Å². The van der Waals surface area contributed by atoms with Crippen molar-refractivity contribution in [3.8, 4) is 5.75 Å². The SMILES string of the molecule is NC(Cc1ccccc1C(=O)CCC(=O)c1ccccc1CC(N)C(=O)Oc1ccc([N+](=O)[O-])cc1)C(=O)O. The molecule has 39 heavy (non-hydrogen) atoms. The second-order valence-corrected chi connectivity index (χ2v) is 8.79. The van der Waals surface area contributed by atoms with E-state index in [-0.39, 0.29) is 48.7 Å². The predicted octanol–water partition coefficient (Wildman–Crippen LogP) is 2.87. The van der Waals surface area contributed by atoms with Gasteiger partial charge in [0.2, 0.25) is 0 Å². The number of nitrogens with zero attached hydrogens (tertiary/aromatic N) is 1. The molecule has 0 radical (unpaired) electrons. The van der Waals surface area contributed by atoms with Gasteiger partial charge in [-0.3, -0.25) is 24.5 Å². The molecule has 3 aromatic carbocycles. The van der Waals surface area contributed by atoms with E-state index in [2.05, 4.69) is 0 Å². The molecule has 0 bridgehead atoms. The fraction of sp³-hybridized carbons (Fsp3) is 0.214. The topological polar surface area (TPSA) is 193 Å². The lowest BCUT2D eigenvalue weighted by atomic mass is 9.92. The van der Waals surface area contributed by atoms with Gasteiger partial charge in [-0.2, -0.15) is 0 Å². The number of carboxylic acids is 1. The number of carboxylic acid groups (broad SMARTS) is 1. The van der Waals surface area contributed by atoms with Crippen molar-refractivity contribution in [2.45, 2.75) is 37.8 Å². The Labute approximate surface area is 223 Å². The van der Waals surface area contributed by atoms with E-state index in [9.17, 15) is 29.3 Å². The van der Waals surface area contributed by atoms with Crippen LogP contribution in [0.1, 0.15) is 44.7 Å². The van der Waals surface area contributed by atoms with E-state index in [0.717, 1.165) is 0 Å². The van der Waals surface area contributed by atoms with Crippen molar-refractivity contribution >= 4 is 29.2 Å². The van der Waals surface area contributed by atoms with Gasteiger partial charge >= 0.3 is 11.9 Å². The highest BCUT2D eigenvalue weighted by molar-refractivity contribution is 6.03. The number of ether oxygens (including phenoxy) is 1. The maximum atomic E-state index is 13.0. The van der Waals surface area contributed by atoms with Gasteiger partial charge in [0.25, 0.3) is 5.69 Å². The molecule has 5 N–H and O–H groups in total. The molecule has 0 aliphatic carbocycles. The lowest BCUT2D eigenvalue weighted by Crippen LogP contribution is -2.36. The zero-order chi connectivity index (χ0) is 28.5. The van der Waals surface area contributed by atoms with Crippen LogP contribution in [0, 0.1) is 10.1 Å². The number of hydrogen-bond donors (Lipinski definition) is 3. The number of nitro groups is 1. The van der Waals surface area contributed by atoms with Gasteiger partial charge in [-0.15, -0.1) is 0 Å². The van der Waals surface area contributed by atoms with Gasteiger partial charge in [0.05, 0.1) is 4.92 Å². The highest BCUT2D eigenvalue weighted by atomic mass is 16.6. The van der Waals surface area contributed by atoms with Gasteiger partial charge in [0.1, 0.15) is 17.8 Å². The highest BCUT2D eigenvalue weighted by Gasteiger charge is 2.22. The second-order valence-electron chi connectivity index (χ2n) is 8.79. The minimum Gasteiger partial charge on any atom is -0.480 e. The van der Waals surface area contributed by atoms with Crippen LogP contribution in [0.15, 0.2) is 72.8 Å². The van der Waals surface area contributed by atoms with Crippen LogP contribution in [0.3, 0.4) is 0 Å². The van der Waals surface area contributed by atoms with Crippen molar-refractivity contribution in [2.24, 2.45) is 11.5 Å². The summed E-state index contributed by atoms with van der Waals surface area (Å²) in [7, 11) is 0. The van der Waals surface area contributed by atoms with Crippen LogP contribution in [0.25, 0.3) is 0 Å². The number of benzene rings is 3. The van der Waals surface area contributed by atoms with Crippen LogP contribution < -0.4 is 16.2 Å². The van der Waals surface area contributed by atoms with Crippen molar-refractivity contribution in [3.63, 3.8) is 0 Å². The first-order chi connectivity index (χ1) is 18.6. The van der Waals surface area contributed by atoms with Crippen molar-refractivity contribution in [3.05, 3.63) is 105 Å². The van der Waals surface area contributed by atoms with Gasteiger partial charge in [-0.05, 0) is 36.1 Å². The first kappa shape index (κ1) is 28.8. The molecule has 2 atom stereocenters. The maximum Gasteiger partial charge on any atom is 0.328 e. The monoisotopic (exact) mass is 533 g/mol.